The third-order valence-corrected chi connectivity index (χ3v) is 5.98. The van der Waals surface area contributed by atoms with Gasteiger partial charge in [-0.25, -0.2) is 9.78 Å². The smallest absolute Gasteiger partial charge is 0.407 e. The third kappa shape index (κ3) is 4.62. The molecule has 0 spiro atoms. The van der Waals surface area contributed by atoms with E-state index in [-0.39, 0.29) is 10.8 Å². The maximum absolute atomic E-state index is 11.3. The highest BCUT2D eigenvalue weighted by atomic mass is 33.1. The number of alkyl carbamates (subject to hydrolysis) is 1. The van der Waals surface area contributed by atoms with Crippen LogP contribution in [0.4, 0.5) is 4.79 Å². The van der Waals surface area contributed by atoms with Crippen LogP contribution >= 0.6 is 21.6 Å². The number of aromatic nitrogens is 1. The molecule has 2 rings (SSSR count). The summed E-state index contributed by atoms with van der Waals surface area (Å²) in [5, 5.41) is 3.64. The zero-order chi connectivity index (χ0) is 13.7. The van der Waals surface area contributed by atoms with Gasteiger partial charge in [-0.2, -0.15) is 0 Å². The Bertz CT molecular complexity index is 433. The molecule has 1 aromatic rings. The number of hydrogen-bond acceptors (Lipinski definition) is 5. The topological polar surface area (TPSA) is 51.2 Å². The quantitative estimate of drug-likeness (QED) is 0.816. The van der Waals surface area contributed by atoms with E-state index in [1.165, 1.54) is 0 Å². The predicted octanol–water partition coefficient (Wildman–Crippen LogP) is 3.41. The highest BCUT2D eigenvalue weighted by Crippen LogP contribution is 2.55. The SMILES string of the molecule is CCNC(=O)OCC1(SSc2ccc(C)cn2)CC1. The van der Waals surface area contributed by atoms with Crippen LogP contribution in [-0.2, 0) is 4.74 Å². The summed E-state index contributed by atoms with van der Waals surface area (Å²) in [5.41, 5.74) is 1.16. The summed E-state index contributed by atoms with van der Waals surface area (Å²) in [7, 11) is 3.42. The van der Waals surface area contributed by atoms with E-state index in [1.807, 2.05) is 26.1 Å². The molecule has 1 N–H and O–H groups in total. The molecule has 1 aliphatic carbocycles. The van der Waals surface area contributed by atoms with Gasteiger partial charge in [0.1, 0.15) is 11.6 Å². The summed E-state index contributed by atoms with van der Waals surface area (Å²) in [6.07, 6.45) is 3.73. The van der Waals surface area contributed by atoms with E-state index in [1.54, 1.807) is 21.6 Å². The largest absolute Gasteiger partial charge is 0.448 e. The van der Waals surface area contributed by atoms with Crippen molar-refractivity contribution in [3.63, 3.8) is 0 Å². The lowest BCUT2D eigenvalue weighted by molar-refractivity contribution is 0.145. The fourth-order valence-corrected chi connectivity index (χ4v) is 4.00. The van der Waals surface area contributed by atoms with Gasteiger partial charge in [-0.05, 0) is 49.1 Å². The standard InChI is InChI=1S/C13H18N2O2S2/c1-3-14-12(16)17-9-13(6-7-13)19-18-11-5-4-10(2)8-15-11/h4-5,8H,3,6-7,9H2,1-2H3,(H,14,16). The Morgan fingerprint density at radius 2 is 2.32 bits per heavy atom. The lowest BCUT2D eigenvalue weighted by atomic mass is 10.3. The Hall–Kier alpha value is -0.880. The number of ether oxygens (including phenoxy) is 1. The summed E-state index contributed by atoms with van der Waals surface area (Å²) in [5.74, 6) is 0. The van der Waals surface area contributed by atoms with Crippen molar-refractivity contribution < 1.29 is 9.53 Å². The van der Waals surface area contributed by atoms with Crippen molar-refractivity contribution in [3.05, 3.63) is 23.9 Å². The zero-order valence-electron chi connectivity index (χ0n) is 11.1. The van der Waals surface area contributed by atoms with E-state index in [9.17, 15) is 4.79 Å². The van der Waals surface area contributed by atoms with Gasteiger partial charge >= 0.3 is 6.09 Å². The molecule has 19 heavy (non-hydrogen) atoms. The van der Waals surface area contributed by atoms with Gasteiger partial charge in [-0.1, -0.05) is 16.9 Å². The minimum atomic E-state index is -0.326. The monoisotopic (exact) mass is 298 g/mol. The molecule has 1 aliphatic rings. The first-order valence-electron chi connectivity index (χ1n) is 6.32. The van der Waals surface area contributed by atoms with Gasteiger partial charge in [-0.3, -0.25) is 0 Å². The average Bonchev–Trinajstić information content (AvgIpc) is 3.17. The predicted molar refractivity (Wildman–Crippen MR) is 79.4 cm³/mol. The van der Waals surface area contributed by atoms with Crippen molar-refractivity contribution in [1.29, 1.82) is 0 Å². The average molecular weight is 298 g/mol. The molecule has 0 radical (unpaired) electrons. The second kappa shape index (κ2) is 6.52. The van der Waals surface area contributed by atoms with Crippen LogP contribution in [0.2, 0.25) is 0 Å². The molecular weight excluding hydrogens is 280 g/mol. The van der Waals surface area contributed by atoms with Crippen LogP contribution in [0.25, 0.3) is 0 Å². The number of carbonyl (C=O) groups is 1. The Balaban J connectivity index is 1.75. The maximum Gasteiger partial charge on any atom is 0.407 e. The summed E-state index contributed by atoms with van der Waals surface area (Å²) in [6.45, 7) is 4.97. The molecular formula is C13H18N2O2S2. The molecule has 4 nitrogen and oxygen atoms in total. The summed E-state index contributed by atoms with van der Waals surface area (Å²) in [6, 6.07) is 4.08. The fraction of sp³-hybridized carbons (Fsp3) is 0.538. The summed E-state index contributed by atoms with van der Waals surface area (Å²) in [4.78, 5) is 15.6. The van der Waals surface area contributed by atoms with E-state index in [0.29, 0.717) is 13.2 Å². The Morgan fingerprint density at radius 3 is 2.89 bits per heavy atom. The Kier molecular flexibility index (Phi) is 4.99. The van der Waals surface area contributed by atoms with Gasteiger partial charge in [0.05, 0.1) is 4.75 Å². The number of rotatable bonds is 6. The molecule has 6 heteroatoms. The highest BCUT2D eigenvalue weighted by Gasteiger charge is 2.45. The van der Waals surface area contributed by atoms with E-state index < -0.39 is 0 Å². The lowest BCUT2D eigenvalue weighted by Gasteiger charge is -2.14. The van der Waals surface area contributed by atoms with E-state index >= 15 is 0 Å². The Labute approximate surface area is 121 Å². The maximum atomic E-state index is 11.3. The zero-order valence-corrected chi connectivity index (χ0v) is 12.8. The fourth-order valence-electron chi connectivity index (χ4n) is 1.42. The number of carbonyl (C=O) groups excluding carboxylic acids is 1. The van der Waals surface area contributed by atoms with Crippen LogP contribution in [-0.4, -0.2) is 29.0 Å². The first-order chi connectivity index (χ1) is 9.13. The molecule has 0 unspecified atom stereocenters. The van der Waals surface area contributed by atoms with Crippen LogP contribution in [0, 0.1) is 6.92 Å². The van der Waals surface area contributed by atoms with Crippen LogP contribution in [0.1, 0.15) is 25.3 Å². The molecule has 1 amide bonds. The second-order valence-electron chi connectivity index (χ2n) is 4.63. The molecule has 104 valence electrons. The Morgan fingerprint density at radius 1 is 1.53 bits per heavy atom. The van der Waals surface area contributed by atoms with Crippen molar-refractivity contribution in [2.24, 2.45) is 0 Å². The first-order valence-corrected chi connectivity index (χ1v) is 8.47. The molecule has 1 heterocycles. The molecule has 1 saturated carbocycles. The van der Waals surface area contributed by atoms with Crippen LogP contribution < -0.4 is 5.32 Å². The number of hydrogen-bond donors (Lipinski definition) is 1. The number of pyridine rings is 1. The number of amides is 1. The van der Waals surface area contributed by atoms with Crippen LogP contribution in [0.5, 0.6) is 0 Å². The van der Waals surface area contributed by atoms with Gasteiger partial charge in [0.15, 0.2) is 0 Å². The van der Waals surface area contributed by atoms with Crippen molar-refractivity contribution in [3.8, 4) is 0 Å². The molecule has 0 bridgehead atoms. The van der Waals surface area contributed by atoms with Gasteiger partial charge < -0.3 is 10.1 Å². The number of nitrogens with one attached hydrogen (secondary N) is 1. The highest BCUT2D eigenvalue weighted by molar-refractivity contribution is 8.77. The molecule has 0 aliphatic heterocycles. The van der Waals surface area contributed by atoms with E-state index in [2.05, 4.69) is 16.4 Å². The third-order valence-electron chi connectivity index (χ3n) is 2.78. The second-order valence-corrected chi connectivity index (χ2v) is 7.25. The minimum absolute atomic E-state index is 0.0856. The van der Waals surface area contributed by atoms with Gasteiger partial charge in [0.2, 0.25) is 0 Å². The summed E-state index contributed by atoms with van der Waals surface area (Å²) < 4.78 is 5.30. The van der Waals surface area contributed by atoms with Gasteiger partial charge in [-0.15, -0.1) is 0 Å². The molecule has 0 aromatic carbocycles. The normalized spacial score (nSPS) is 15.9. The summed E-state index contributed by atoms with van der Waals surface area (Å²) >= 11 is 0. The van der Waals surface area contributed by atoms with Crippen molar-refractivity contribution in [2.75, 3.05) is 13.2 Å². The molecule has 1 aromatic heterocycles. The minimum Gasteiger partial charge on any atom is -0.448 e. The molecule has 0 saturated heterocycles. The van der Waals surface area contributed by atoms with Crippen LogP contribution in [0.15, 0.2) is 23.4 Å². The van der Waals surface area contributed by atoms with Gasteiger partial charge in [0, 0.05) is 12.7 Å². The van der Waals surface area contributed by atoms with Crippen LogP contribution in [0.3, 0.4) is 0 Å². The van der Waals surface area contributed by atoms with Gasteiger partial charge in [0.25, 0.3) is 0 Å². The molecule has 1 fully saturated rings. The van der Waals surface area contributed by atoms with Crippen molar-refractivity contribution in [1.82, 2.24) is 10.3 Å². The van der Waals surface area contributed by atoms with Crippen molar-refractivity contribution in [2.45, 2.75) is 36.5 Å². The van der Waals surface area contributed by atoms with E-state index in [0.717, 1.165) is 23.4 Å². The van der Waals surface area contributed by atoms with E-state index in [4.69, 9.17) is 4.74 Å². The number of aryl methyl sites for hydroxylation is 1. The molecule has 0 atom stereocenters. The number of nitrogens with zero attached hydrogens (tertiary/aromatic N) is 1. The lowest BCUT2D eigenvalue weighted by Crippen LogP contribution is -2.27. The first kappa shape index (κ1) is 14.5. The van der Waals surface area contributed by atoms with Crippen molar-refractivity contribution >= 4 is 27.7 Å².